The minimum absolute atomic E-state index is 0.484. The fraction of sp³-hybridized carbons (Fsp3) is 0.0556. The minimum atomic E-state index is 0.484. The summed E-state index contributed by atoms with van der Waals surface area (Å²) in [4.78, 5) is 0. The smallest absolute Gasteiger partial charge is 0.175 e. The van der Waals surface area contributed by atoms with E-state index in [9.17, 15) is 0 Å². The van der Waals surface area contributed by atoms with Crippen LogP contribution in [0.4, 0.5) is 11.4 Å². The lowest BCUT2D eigenvalue weighted by molar-refractivity contribution is 0.687. The Kier molecular flexibility index (Phi) is 5.43. The third-order valence-corrected chi connectivity index (χ3v) is 4.31. The second-order valence-electron chi connectivity index (χ2n) is 5.30. The average Bonchev–Trinajstić information content (AvgIpc) is 3.04. The van der Waals surface area contributed by atoms with Gasteiger partial charge in [-0.3, -0.25) is 4.68 Å². The second-order valence-corrected chi connectivity index (χ2v) is 6.56. The Morgan fingerprint density at radius 3 is 2.84 bits per heavy atom. The van der Waals surface area contributed by atoms with E-state index < -0.39 is 0 Å². The van der Waals surface area contributed by atoms with Gasteiger partial charge in [-0.15, -0.1) is 0 Å². The number of benzene rings is 2. The Morgan fingerprint density at radius 2 is 2.04 bits per heavy atom. The summed E-state index contributed by atoms with van der Waals surface area (Å²) < 4.78 is 2.73. The number of hydrogen-bond donors (Lipinski definition) is 2. The van der Waals surface area contributed by atoms with Crippen LogP contribution in [-0.2, 0) is 6.54 Å². The molecule has 0 radical (unpaired) electrons. The van der Waals surface area contributed by atoms with Crippen molar-refractivity contribution in [1.29, 1.82) is 5.26 Å². The Morgan fingerprint density at radius 1 is 1.20 bits per heavy atom. The highest BCUT2D eigenvalue weighted by Gasteiger charge is 2.05. The number of halogens is 1. The summed E-state index contributed by atoms with van der Waals surface area (Å²) in [6.07, 6.45) is 3.58. The van der Waals surface area contributed by atoms with Gasteiger partial charge in [-0.25, -0.2) is 0 Å². The molecule has 25 heavy (non-hydrogen) atoms. The van der Waals surface area contributed by atoms with Crippen LogP contribution in [0, 0.1) is 11.3 Å². The maximum absolute atomic E-state index is 8.96. The highest BCUT2D eigenvalue weighted by Crippen LogP contribution is 2.21. The van der Waals surface area contributed by atoms with E-state index in [2.05, 4.69) is 37.7 Å². The summed E-state index contributed by atoms with van der Waals surface area (Å²) in [6.45, 7) is 0.585. The van der Waals surface area contributed by atoms with Crippen LogP contribution >= 0.6 is 28.1 Å². The first-order valence-electron chi connectivity index (χ1n) is 7.48. The molecule has 7 heteroatoms. The molecule has 124 valence electrons. The van der Waals surface area contributed by atoms with E-state index >= 15 is 0 Å². The predicted molar refractivity (Wildman–Crippen MR) is 106 cm³/mol. The molecule has 0 saturated carbocycles. The fourth-order valence-corrected chi connectivity index (χ4v) is 2.90. The van der Waals surface area contributed by atoms with Crippen molar-refractivity contribution >= 4 is 44.6 Å². The van der Waals surface area contributed by atoms with Gasteiger partial charge in [0.2, 0.25) is 0 Å². The molecule has 0 unspecified atom stereocenters. The van der Waals surface area contributed by atoms with E-state index in [1.807, 2.05) is 48.7 Å². The number of aromatic nitrogens is 2. The molecule has 3 aromatic rings. The van der Waals surface area contributed by atoms with Crippen molar-refractivity contribution in [1.82, 2.24) is 9.78 Å². The summed E-state index contributed by atoms with van der Waals surface area (Å²) >= 11 is 8.81. The number of nitrogens with zero attached hydrogens (tertiary/aromatic N) is 3. The molecular formula is C18H14BrN5S. The van der Waals surface area contributed by atoms with Crippen LogP contribution in [0.2, 0.25) is 0 Å². The molecule has 2 N–H and O–H groups in total. The standard InChI is InChI=1S/C18H14BrN5S/c19-16-6-1-2-7-17(16)23-18(25)22-15-10-21-24(12-15)11-14-5-3-4-13(8-14)9-20/h1-8,10,12H,11H2,(H2,22,23,25). The SMILES string of the molecule is N#Cc1cccc(Cn2cc(NC(=S)Nc3ccccc3Br)cn2)c1. The lowest BCUT2D eigenvalue weighted by Crippen LogP contribution is -2.19. The quantitative estimate of drug-likeness (QED) is 0.623. The van der Waals surface area contributed by atoms with Gasteiger partial charge in [0.05, 0.1) is 35.7 Å². The zero-order chi connectivity index (χ0) is 17.6. The zero-order valence-electron chi connectivity index (χ0n) is 13.1. The van der Waals surface area contributed by atoms with E-state index in [0.717, 1.165) is 21.4 Å². The van der Waals surface area contributed by atoms with Gasteiger partial charge < -0.3 is 10.6 Å². The van der Waals surface area contributed by atoms with Crippen molar-refractivity contribution in [2.45, 2.75) is 6.54 Å². The molecule has 2 aromatic carbocycles. The van der Waals surface area contributed by atoms with E-state index in [0.29, 0.717) is 17.2 Å². The van der Waals surface area contributed by atoms with Gasteiger partial charge in [0, 0.05) is 10.7 Å². The first-order valence-corrected chi connectivity index (χ1v) is 8.68. The number of nitrogens with one attached hydrogen (secondary N) is 2. The van der Waals surface area contributed by atoms with Crippen LogP contribution in [0.5, 0.6) is 0 Å². The van der Waals surface area contributed by atoms with Gasteiger partial charge in [-0.2, -0.15) is 10.4 Å². The normalized spacial score (nSPS) is 10.1. The summed E-state index contributed by atoms with van der Waals surface area (Å²) in [5.41, 5.74) is 3.34. The van der Waals surface area contributed by atoms with Crippen molar-refractivity contribution in [2.24, 2.45) is 0 Å². The summed E-state index contributed by atoms with van der Waals surface area (Å²) in [5.74, 6) is 0. The van der Waals surface area contributed by atoms with Crippen molar-refractivity contribution in [3.63, 3.8) is 0 Å². The van der Waals surface area contributed by atoms with E-state index in [1.54, 1.807) is 16.9 Å². The van der Waals surface area contributed by atoms with E-state index in [-0.39, 0.29) is 0 Å². The molecule has 0 saturated heterocycles. The Labute approximate surface area is 159 Å². The predicted octanol–water partition coefficient (Wildman–Crippen LogP) is 4.37. The Bertz CT molecular complexity index is 944. The maximum Gasteiger partial charge on any atom is 0.175 e. The van der Waals surface area contributed by atoms with Crippen LogP contribution in [0.25, 0.3) is 0 Å². The highest BCUT2D eigenvalue weighted by molar-refractivity contribution is 9.10. The van der Waals surface area contributed by atoms with Crippen LogP contribution in [0.3, 0.4) is 0 Å². The maximum atomic E-state index is 8.96. The highest BCUT2D eigenvalue weighted by atomic mass is 79.9. The van der Waals surface area contributed by atoms with Crippen LogP contribution < -0.4 is 10.6 Å². The lowest BCUT2D eigenvalue weighted by atomic mass is 10.1. The third-order valence-electron chi connectivity index (χ3n) is 3.41. The Hall–Kier alpha value is -2.69. The third kappa shape index (κ3) is 4.66. The molecule has 5 nitrogen and oxygen atoms in total. The van der Waals surface area contributed by atoms with Gasteiger partial charge in [0.25, 0.3) is 0 Å². The molecule has 0 spiro atoms. The van der Waals surface area contributed by atoms with Crippen LogP contribution in [-0.4, -0.2) is 14.9 Å². The summed E-state index contributed by atoms with van der Waals surface area (Å²) in [6, 6.07) is 17.4. The van der Waals surface area contributed by atoms with E-state index in [1.165, 1.54) is 0 Å². The van der Waals surface area contributed by atoms with Gasteiger partial charge in [-0.05, 0) is 58.0 Å². The van der Waals surface area contributed by atoms with Gasteiger partial charge in [0.1, 0.15) is 0 Å². The monoisotopic (exact) mass is 411 g/mol. The minimum Gasteiger partial charge on any atom is -0.332 e. The molecule has 0 fully saturated rings. The molecule has 3 rings (SSSR count). The van der Waals surface area contributed by atoms with Crippen molar-refractivity contribution < 1.29 is 0 Å². The number of anilines is 2. The molecule has 0 aliphatic carbocycles. The largest absolute Gasteiger partial charge is 0.332 e. The van der Waals surface area contributed by atoms with Gasteiger partial charge >= 0.3 is 0 Å². The molecule has 1 heterocycles. The molecule has 0 amide bonds. The van der Waals surface area contributed by atoms with Gasteiger partial charge in [-0.1, -0.05) is 24.3 Å². The number of para-hydroxylation sites is 1. The van der Waals surface area contributed by atoms with Crippen molar-refractivity contribution in [2.75, 3.05) is 10.6 Å². The topological polar surface area (TPSA) is 65.7 Å². The number of hydrogen-bond acceptors (Lipinski definition) is 3. The average molecular weight is 412 g/mol. The van der Waals surface area contributed by atoms with Crippen molar-refractivity contribution in [3.05, 3.63) is 76.5 Å². The molecule has 0 aliphatic heterocycles. The first kappa shape index (κ1) is 17.1. The van der Waals surface area contributed by atoms with E-state index in [4.69, 9.17) is 17.5 Å². The summed E-state index contributed by atoms with van der Waals surface area (Å²) in [7, 11) is 0. The van der Waals surface area contributed by atoms with Crippen LogP contribution in [0.1, 0.15) is 11.1 Å². The number of rotatable bonds is 4. The lowest BCUT2D eigenvalue weighted by Gasteiger charge is -2.10. The molecule has 0 bridgehead atoms. The molecule has 0 atom stereocenters. The first-order chi connectivity index (χ1) is 12.1. The second kappa shape index (κ2) is 7.92. The zero-order valence-corrected chi connectivity index (χ0v) is 15.5. The van der Waals surface area contributed by atoms with Crippen LogP contribution in [0.15, 0.2) is 65.4 Å². The number of nitriles is 1. The number of thiocarbonyl (C=S) groups is 1. The summed E-state index contributed by atoms with van der Waals surface area (Å²) in [5, 5.41) is 20.0. The molecule has 1 aromatic heterocycles. The van der Waals surface area contributed by atoms with Gasteiger partial charge in [0.15, 0.2) is 5.11 Å². The van der Waals surface area contributed by atoms with Crippen molar-refractivity contribution in [3.8, 4) is 6.07 Å². The fourth-order valence-electron chi connectivity index (χ4n) is 2.29. The Balaban J connectivity index is 1.62. The molecular weight excluding hydrogens is 398 g/mol. The molecule has 0 aliphatic rings.